The quantitative estimate of drug-likeness (QED) is 0.758. The molecular weight excluding hydrogens is 306 g/mol. The number of hydrogen-bond donors (Lipinski definition) is 0. The number of carbonyl (C=O) groups excluding carboxylic acids is 2. The Kier molecular flexibility index (Phi) is 5.95. The molecule has 24 heavy (non-hydrogen) atoms. The van der Waals surface area contributed by atoms with Crippen LogP contribution in [0.3, 0.4) is 0 Å². The van der Waals surface area contributed by atoms with E-state index in [2.05, 4.69) is 0 Å². The highest BCUT2D eigenvalue weighted by atomic mass is 16.6. The summed E-state index contributed by atoms with van der Waals surface area (Å²) >= 11 is 0. The predicted octanol–water partition coefficient (Wildman–Crippen LogP) is 3.77. The number of carbonyl (C=O) groups is 2. The topological polar surface area (TPSA) is 55.8 Å². The predicted molar refractivity (Wildman–Crippen MR) is 91.8 cm³/mol. The lowest BCUT2D eigenvalue weighted by Gasteiger charge is -2.19. The minimum Gasteiger partial charge on any atom is -0.497 e. The Hall–Kier alpha value is -2.82. The number of amides is 1. The molecule has 0 radical (unpaired) electrons. The van der Waals surface area contributed by atoms with Gasteiger partial charge in [0.2, 0.25) is 0 Å². The molecule has 0 atom stereocenters. The Balaban J connectivity index is 2.38. The smallest absolute Gasteiger partial charge is 0.415 e. The minimum absolute atomic E-state index is 0.195. The molecule has 0 aliphatic heterocycles. The van der Waals surface area contributed by atoms with Gasteiger partial charge in [-0.15, -0.1) is 0 Å². The van der Waals surface area contributed by atoms with Crippen molar-refractivity contribution in [3.8, 4) is 11.5 Å². The summed E-state index contributed by atoms with van der Waals surface area (Å²) in [5.41, 5.74) is 0.852. The fraction of sp³-hybridized carbons (Fsp3) is 0.263. The molecule has 1 amide bonds. The van der Waals surface area contributed by atoms with E-state index in [9.17, 15) is 9.59 Å². The molecule has 2 rings (SSSR count). The molecule has 2 aromatic rings. The van der Waals surface area contributed by atoms with Gasteiger partial charge in [0.15, 0.2) is 5.78 Å². The van der Waals surface area contributed by atoms with Crippen molar-refractivity contribution in [2.45, 2.75) is 13.8 Å². The maximum atomic E-state index is 12.7. The molecule has 0 unspecified atom stereocenters. The highest BCUT2D eigenvalue weighted by Gasteiger charge is 2.20. The summed E-state index contributed by atoms with van der Waals surface area (Å²) in [5.74, 6) is 0.502. The lowest BCUT2D eigenvalue weighted by molar-refractivity contribution is 0.103. The number of hydrogen-bond acceptors (Lipinski definition) is 4. The standard InChI is InChI=1S/C19H21NO4/c1-4-20(5-2)19(22)24-17-13-15(23-3)11-12-16(17)18(21)14-9-7-6-8-10-14/h6-13H,4-5H2,1-3H3. The zero-order valence-electron chi connectivity index (χ0n) is 14.1. The van der Waals surface area contributed by atoms with Gasteiger partial charge in [-0.3, -0.25) is 4.79 Å². The van der Waals surface area contributed by atoms with Gasteiger partial charge in [-0.2, -0.15) is 0 Å². The van der Waals surface area contributed by atoms with Crippen molar-refractivity contribution in [3.05, 3.63) is 59.7 Å². The molecule has 5 heteroatoms. The van der Waals surface area contributed by atoms with Crippen LogP contribution in [0.15, 0.2) is 48.5 Å². The van der Waals surface area contributed by atoms with E-state index in [1.165, 1.54) is 12.0 Å². The fourth-order valence-electron chi connectivity index (χ4n) is 2.29. The summed E-state index contributed by atoms with van der Waals surface area (Å²) in [6.07, 6.45) is -0.490. The van der Waals surface area contributed by atoms with E-state index in [0.29, 0.717) is 30.0 Å². The van der Waals surface area contributed by atoms with E-state index in [1.807, 2.05) is 19.9 Å². The number of ether oxygens (including phenoxy) is 2. The molecular formula is C19H21NO4. The van der Waals surface area contributed by atoms with Gasteiger partial charge < -0.3 is 14.4 Å². The summed E-state index contributed by atoms with van der Waals surface area (Å²) in [4.78, 5) is 26.5. The zero-order chi connectivity index (χ0) is 17.5. The number of benzene rings is 2. The lowest BCUT2D eigenvalue weighted by atomic mass is 10.0. The Bertz CT molecular complexity index is 709. The highest BCUT2D eigenvalue weighted by Crippen LogP contribution is 2.27. The first-order valence-corrected chi connectivity index (χ1v) is 7.85. The highest BCUT2D eigenvalue weighted by molar-refractivity contribution is 6.11. The number of ketones is 1. The molecule has 0 saturated heterocycles. The van der Waals surface area contributed by atoms with Crippen LogP contribution < -0.4 is 9.47 Å². The first kappa shape index (κ1) is 17.5. The maximum absolute atomic E-state index is 12.7. The number of nitrogens with zero attached hydrogens (tertiary/aromatic N) is 1. The molecule has 126 valence electrons. The van der Waals surface area contributed by atoms with Gasteiger partial charge in [-0.05, 0) is 26.0 Å². The minimum atomic E-state index is -0.490. The summed E-state index contributed by atoms with van der Waals surface area (Å²) < 4.78 is 10.6. The zero-order valence-corrected chi connectivity index (χ0v) is 14.1. The van der Waals surface area contributed by atoms with Gasteiger partial charge in [0.05, 0.1) is 12.7 Å². The van der Waals surface area contributed by atoms with E-state index >= 15 is 0 Å². The number of rotatable bonds is 6. The van der Waals surface area contributed by atoms with Crippen LogP contribution >= 0.6 is 0 Å². The molecule has 0 bridgehead atoms. The Morgan fingerprint density at radius 3 is 2.25 bits per heavy atom. The van der Waals surface area contributed by atoms with Crippen LogP contribution in [0.4, 0.5) is 4.79 Å². The van der Waals surface area contributed by atoms with Crippen molar-refractivity contribution in [2.24, 2.45) is 0 Å². The fourth-order valence-corrected chi connectivity index (χ4v) is 2.29. The van der Waals surface area contributed by atoms with Crippen LogP contribution in [0.25, 0.3) is 0 Å². The largest absolute Gasteiger partial charge is 0.497 e. The average Bonchev–Trinajstić information content (AvgIpc) is 2.62. The van der Waals surface area contributed by atoms with Gasteiger partial charge in [0.1, 0.15) is 11.5 Å². The van der Waals surface area contributed by atoms with Gasteiger partial charge in [-0.1, -0.05) is 30.3 Å². The van der Waals surface area contributed by atoms with Crippen LogP contribution in [-0.4, -0.2) is 37.0 Å². The van der Waals surface area contributed by atoms with Gasteiger partial charge in [-0.25, -0.2) is 4.79 Å². The van der Waals surface area contributed by atoms with E-state index in [4.69, 9.17) is 9.47 Å². The van der Waals surface area contributed by atoms with Crippen LogP contribution in [0.5, 0.6) is 11.5 Å². The molecule has 2 aromatic carbocycles. The second-order valence-corrected chi connectivity index (χ2v) is 5.10. The third-order valence-electron chi connectivity index (χ3n) is 3.69. The van der Waals surface area contributed by atoms with Crippen LogP contribution in [0.1, 0.15) is 29.8 Å². The van der Waals surface area contributed by atoms with Gasteiger partial charge >= 0.3 is 6.09 Å². The SMILES string of the molecule is CCN(CC)C(=O)Oc1cc(OC)ccc1C(=O)c1ccccc1. The molecule has 5 nitrogen and oxygen atoms in total. The molecule has 0 spiro atoms. The molecule has 0 fully saturated rings. The van der Waals surface area contributed by atoms with Crippen LogP contribution in [0, 0.1) is 0 Å². The second kappa shape index (κ2) is 8.15. The maximum Gasteiger partial charge on any atom is 0.415 e. The summed E-state index contributed by atoms with van der Waals surface area (Å²) in [6.45, 7) is 4.79. The van der Waals surface area contributed by atoms with Crippen LogP contribution in [-0.2, 0) is 0 Å². The Morgan fingerprint density at radius 2 is 1.67 bits per heavy atom. The average molecular weight is 327 g/mol. The van der Waals surface area contributed by atoms with E-state index in [0.717, 1.165) is 0 Å². The normalized spacial score (nSPS) is 10.1. The first-order chi connectivity index (χ1) is 11.6. The van der Waals surface area contributed by atoms with E-state index < -0.39 is 6.09 Å². The van der Waals surface area contributed by atoms with Crippen molar-refractivity contribution in [1.82, 2.24) is 4.90 Å². The third kappa shape index (κ3) is 3.93. The van der Waals surface area contributed by atoms with Crippen LogP contribution in [0.2, 0.25) is 0 Å². The summed E-state index contributed by atoms with van der Waals surface area (Å²) in [5, 5.41) is 0. The molecule has 0 aromatic heterocycles. The molecule has 0 aliphatic rings. The van der Waals surface area contributed by atoms with Crippen molar-refractivity contribution >= 4 is 11.9 Å². The third-order valence-corrected chi connectivity index (χ3v) is 3.69. The molecule has 0 N–H and O–H groups in total. The van der Waals surface area contributed by atoms with Crippen molar-refractivity contribution in [2.75, 3.05) is 20.2 Å². The van der Waals surface area contributed by atoms with Gasteiger partial charge in [0.25, 0.3) is 0 Å². The van der Waals surface area contributed by atoms with Gasteiger partial charge in [0, 0.05) is 24.7 Å². The van der Waals surface area contributed by atoms with E-state index in [1.54, 1.807) is 42.5 Å². The molecule has 0 aliphatic carbocycles. The van der Waals surface area contributed by atoms with Crippen molar-refractivity contribution in [3.63, 3.8) is 0 Å². The first-order valence-electron chi connectivity index (χ1n) is 7.85. The molecule has 0 saturated carbocycles. The number of methoxy groups -OCH3 is 1. The second-order valence-electron chi connectivity index (χ2n) is 5.10. The summed E-state index contributed by atoms with van der Waals surface area (Å²) in [6, 6.07) is 13.7. The Labute approximate surface area is 141 Å². The van der Waals surface area contributed by atoms with Crippen molar-refractivity contribution < 1.29 is 19.1 Å². The van der Waals surface area contributed by atoms with E-state index in [-0.39, 0.29) is 11.5 Å². The summed E-state index contributed by atoms with van der Waals surface area (Å²) in [7, 11) is 1.52. The Morgan fingerprint density at radius 1 is 1.00 bits per heavy atom. The molecule has 0 heterocycles. The lowest BCUT2D eigenvalue weighted by Crippen LogP contribution is -2.33. The monoisotopic (exact) mass is 327 g/mol. The van der Waals surface area contributed by atoms with Crippen molar-refractivity contribution in [1.29, 1.82) is 0 Å².